The number of carbonyl (C=O) groups is 2. The molecule has 0 saturated carbocycles. The van der Waals surface area contributed by atoms with E-state index in [0.29, 0.717) is 18.7 Å². The maximum atomic E-state index is 13.0. The van der Waals surface area contributed by atoms with Gasteiger partial charge in [0.05, 0.1) is 17.7 Å². The Hall–Kier alpha value is -2.44. The first-order valence-electron chi connectivity index (χ1n) is 9.68. The summed E-state index contributed by atoms with van der Waals surface area (Å²) in [5.74, 6) is -1.41. The molecule has 2 aromatic carbocycles. The van der Waals surface area contributed by atoms with E-state index in [2.05, 4.69) is 15.9 Å². The molecule has 2 fully saturated rings. The Morgan fingerprint density at radius 1 is 1.21 bits per heavy atom. The van der Waals surface area contributed by atoms with Gasteiger partial charge in [-0.15, -0.1) is 0 Å². The lowest BCUT2D eigenvalue weighted by Crippen LogP contribution is -2.36. The lowest BCUT2D eigenvalue weighted by atomic mass is 9.95. The average Bonchev–Trinajstić information content (AvgIpc) is 3.30. The molecule has 2 aliphatic rings. The molecule has 150 valence electrons. The van der Waals surface area contributed by atoms with Crippen molar-refractivity contribution in [3.05, 3.63) is 75.3 Å². The number of Topliss-reactive ketones (excluding diaryl/α,β-unsaturated/α-hetero) is 1. The SMILES string of the molecule is Cc1ccc(/C(O)=C2\C(=O)C(=O)N(CC3CCCO3)C2c2cccc(Br)c2)cc1. The number of amides is 1. The first-order chi connectivity index (χ1) is 14.0. The third-order valence-electron chi connectivity index (χ3n) is 5.45. The molecule has 0 bridgehead atoms. The zero-order chi connectivity index (χ0) is 20.5. The van der Waals surface area contributed by atoms with E-state index in [1.165, 1.54) is 0 Å². The molecule has 1 N–H and O–H groups in total. The van der Waals surface area contributed by atoms with Crippen LogP contribution >= 0.6 is 15.9 Å². The van der Waals surface area contributed by atoms with Crippen LogP contribution < -0.4 is 0 Å². The van der Waals surface area contributed by atoms with E-state index < -0.39 is 17.7 Å². The van der Waals surface area contributed by atoms with Crippen molar-refractivity contribution >= 4 is 33.4 Å². The Labute approximate surface area is 178 Å². The first-order valence-corrected chi connectivity index (χ1v) is 10.5. The molecule has 2 atom stereocenters. The van der Waals surface area contributed by atoms with Gasteiger partial charge in [-0.3, -0.25) is 9.59 Å². The van der Waals surface area contributed by atoms with Crippen LogP contribution in [0.25, 0.3) is 5.76 Å². The van der Waals surface area contributed by atoms with E-state index in [0.717, 1.165) is 28.4 Å². The molecular weight excluding hydrogens is 434 g/mol. The molecule has 2 unspecified atom stereocenters. The number of halogens is 1. The largest absolute Gasteiger partial charge is 0.507 e. The number of ether oxygens (including phenoxy) is 1. The van der Waals surface area contributed by atoms with Crippen LogP contribution in [0, 0.1) is 6.92 Å². The third-order valence-corrected chi connectivity index (χ3v) is 5.95. The van der Waals surface area contributed by atoms with Crippen molar-refractivity contribution < 1.29 is 19.4 Å². The fourth-order valence-corrected chi connectivity index (χ4v) is 4.38. The smallest absolute Gasteiger partial charge is 0.295 e. The Kier molecular flexibility index (Phi) is 5.56. The number of benzene rings is 2. The minimum Gasteiger partial charge on any atom is -0.507 e. The van der Waals surface area contributed by atoms with Gasteiger partial charge in [-0.1, -0.05) is 57.9 Å². The number of ketones is 1. The molecule has 2 aliphatic heterocycles. The first kappa shape index (κ1) is 19.9. The Bertz CT molecular complexity index is 977. The molecule has 2 saturated heterocycles. The molecule has 2 heterocycles. The number of likely N-dealkylation sites (tertiary alicyclic amines) is 1. The van der Waals surface area contributed by atoms with Gasteiger partial charge in [0.2, 0.25) is 0 Å². The van der Waals surface area contributed by atoms with Gasteiger partial charge in [-0.2, -0.15) is 0 Å². The molecule has 5 nitrogen and oxygen atoms in total. The zero-order valence-corrected chi connectivity index (χ0v) is 17.7. The summed E-state index contributed by atoms with van der Waals surface area (Å²) in [7, 11) is 0. The van der Waals surface area contributed by atoms with E-state index in [4.69, 9.17) is 4.74 Å². The van der Waals surface area contributed by atoms with E-state index in [1.54, 1.807) is 17.0 Å². The predicted molar refractivity (Wildman–Crippen MR) is 113 cm³/mol. The summed E-state index contributed by atoms with van der Waals surface area (Å²) in [5.41, 5.74) is 2.45. The minimum absolute atomic E-state index is 0.0951. The van der Waals surface area contributed by atoms with E-state index in [1.807, 2.05) is 43.3 Å². The van der Waals surface area contributed by atoms with E-state index >= 15 is 0 Å². The highest BCUT2D eigenvalue weighted by Gasteiger charge is 2.47. The van der Waals surface area contributed by atoms with Crippen LogP contribution in [0.5, 0.6) is 0 Å². The molecule has 29 heavy (non-hydrogen) atoms. The summed E-state index contributed by atoms with van der Waals surface area (Å²) in [4.78, 5) is 27.4. The maximum Gasteiger partial charge on any atom is 0.295 e. The van der Waals surface area contributed by atoms with Gasteiger partial charge < -0.3 is 14.7 Å². The lowest BCUT2D eigenvalue weighted by molar-refractivity contribution is -0.140. The number of aliphatic hydroxyl groups is 1. The van der Waals surface area contributed by atoms with Crippen LogP contribution in [-0.4, -0.2) is 41.0 Å². The van der Waals surface area contributed by atoms with Crippen LogP contribution in [0.2, 0.25) is 0 Å². The second-order valence-electron chi connectivity index (χ2n) is 7.51. The molecule has 0 aromatic heterocycles. The quantitative estimate of drug-likeness (QED) is 0.422. The minimum atomic E-state index is -0.661. The average molecular weight is 456 g/mol. The topological polar surface area (TPSA) is 66.8 Å². The Balaban J connectivity index is 1.83. The van der Waals surface area contributed by atoms with Crippen molar-refractivity contribution in [3.8, 4) is 0 Å². The maximum absolute atomic E-state index is 13.0. The second kappa shape index (κ2) is 8.13. The van der Waals surface area contributed by atoms with E-state index in [9.17, 15) is 14.7 Å². The Morgan fingerprint density at radius 3 is 2.62 bits per heavy atom. The summed E-state index contributed by atoms with van der Waals surface area (Å²) in [6.07, 6.45) is 1.70. The summed E-state index contributed by atoms with van der Waals surface area (Å²) < 4.78 is 6.55. The van der Waals surface area contributed by atoms with Crippen molar-refractivity contribution in [1.29, 1.82) is 0 Å². The number of nitrogens with zero attached hydrogens (tertiary/aromatic N) is 1. The van der Waals surface area contributed by atoms with Gasteiger partial charge in [-0.25, -0.2) is 0 Å². The summed E-state index contributed by atoms with van der Waals surface area (Å²) in [5, 5.41) is 11.0. The predicted octanol–water partition coefficient (Wildman–Crippen LogP) is 4.36. The lowest BCUT2D eigenvalue weighted by Gasteiger charge is -2.27. The van der Waals surface area contributed by atoms with Gasteiger partial charge in [0.15, 0.2) is 0 Å². The summed E-state index contributed by atoms with van der Waals surface area (Å²) in [6, 6.07) is 14.1. The molecule has 0 spiro atoms. The van der Waals surface area contributed by atoms with Crippen LogP contribution in [-0.2, 0) is 14.3 Å². The van der Waals surface area contributed by atoms with E-state index in [-0.39, 0.29) is 17.4 Å². The van der Waals surface area contributed by atoms with Crippen LogP contribution in [0.3, 0.4) is 0 Å². The molecule has 2 aromatic rings. The highest BCUT2D eigenvalue weighted by atomic mass is 79.9. The number of aliphatic hydroxyl groups excluding tert-OH is 1. The number of hydrogen-bond donors (Lipinski definition) is 1. The normalized spacial score (nSPS) is 23.7. The van der Waals surface area contributed by atoms with Gasteiger partial charge >= 0.3 is 0 Å². The van der Waals surface area contributed by atoms with Crippen molar-refractivity contribution in [2.45, 2.75) is 31.9 Å². The molecule has 0 radical (unpaired) electrons. The Morgan fingerprint density at radius 2 is 1.97 bits per heavy atom. The van der Waals surface area contributed by atoms with Crippen LogP contribution in [0.15, 0.2) is 58.6 Å². The van der Waals surface area contributed by atoms with Crippen LogP contribution in [0.1, 0.15) is 35.6 Å². The summed E-state index contributed by atoms with van der Waals surface area (Å²) >= 11 is 3.47. The van der Waals surface area contributed by atoms with Crippen molar-refractivity contribution in [2.24, 2.45) is 0 Å². The molecule has 0 aliphatic carbocycles. The van der Waals surface area contributed by atoms with Gasteiger partial charge in [0.1, 0.15) is 5.76 Å². The highest BCUT2D eigenvalue weighted by molar-refractivity contribution is 9.10. The van der Waals surface area contributed by atoms with Gasteiger partial charge in [0, 0.05) is 23.2 Å². The number of carbonyl (C=O) groups excluding carboxylic acids is 2. The summed E-state index contributed by atoms with van der Waals surface area (Å²) in [6.45, 7) is 2.94. The van der Waals surface area contributed by atoms with Crippen molar-refractivity contribution in [2.75, 3.05) is 13.2 Å². The fraction of sp³-hybridized carbons (Fsp3) is 0.304. The third kappa shape index (κ3) is 3.87. The van der Waals surface area contributed by atoms with Gasteiger partial charge in [0.25, 0.3) is 11.7 Å². The zero-order valence-electron chi connectivity index (χ0n) is 16.1. The molecule has 4 rings (SSSR count). The second-order valence-corrected chi connectivity index (χ2v) is 8.42. The molecule has 6 heteroatoms. The fourth-order valence-electron chi connectivity index (χ4n) is 3.97. The molecule has 1 amide bonds. The number of hydrogen-bond acceptors (Lipinski definition) is 4. The molecular formula is C23H22BrNO4. The van der Waals surface area contributed by atoms with Crippen LogP contribution in [0.4, 0.5) is 0 Å². The number of rotatable bonds is 4. The highest BCUT2D eigenvalue weighted by Crippen LogP contribution is 2.40. The number of aryl methyl sites for hydroxylation is 1. The van der Waals surface area contributed by atoms with Crippen molar-refractivity contribution in [1.82, 2.24) is 4.90 Å². The standard InChI is InChI=1S/C23H22BrNO4/c1-14-7-9-15(10-8-14)21(26)19-20(16-4-2-5-17(24)12-16)25(23(28)22(19)27)13-18-6-3-11-29-18/h2,4-5,7-10,12,18,20,26H,3,6,11,13H2,1H3/b21-19+. The monoisotopic (exact) mass is 455 g/mol. The van der Waals surface area contributed by atoms with Gasteiger partial charge in [-0.05, 0) is 37.5 Å². The van der Waals surface area contributed by atoms with Crippen molar-refractivity contribution in [3.63, 3.8) is 0 Å².